The second-order valence-electron chi connectivity index (χ2n) is 12.4. The van der Waals surface area contributed by atoms with Crippen molar-refractivity contribution in [1.82, 2.24) is 0 Å². The second-order valence-corrected chi connectivity index (χ2v) is 12.4. The summed E-state index contributed by atoms with van der Waals surface area (Å²) in [6, 6.07) is 7.09. The zero-order chi connectivity index (χ0) is 30.0. The molecular weight excluding hydrogens is 494 g/mol. The number of fused-ring (bicyclic) bond motifs is 2. The quantitative estimate of drug-likeness (QED) is 0.145. The number of benzene rings is 1. The molecule has 1 heterocycles. The lowest BCUT2D eigenvalue weighted by molar-refractivity contribution is -0.136. The normalized spacial score (nSPS) is 19.8. The lowest BCUT2D eigenvalue weighted by Gasteiger charge is -2.43. The number of carbonyl (C=O) groups excluding carboxylic acids is 1. The number of nitrogens with zero attached hydrogens (tertiary/aromatic N) is 3. The summed E-state index contributed by atoms with van der Waals surface area (Å²) in [5, 5.41) is 9.90. The van der Waals surface area contributed by atoms with Crippen molar-refractivity contribution in [2.75, 3.05) is 18.6 Å². The summed E-state index contributed by atoms with van der Waals surface area (Å²) < 4.78 is 4.89. The standard InChI is InChI=1S/C35H45N3O2/c1-12-18-38-25(6)32(24(5)26(13-2)21-36)37-31(22(3)14-15-23(4)33(39)40-11)27-19-28-29(20-30(27)38)35(9,10)17-16-34(28,7)8/h12-15,19-20,24,26H,1-2,16-18H2,3-11H3/b22-14+,23-15+. The Labute approximate surface area is 241 Å². The molecule has 2 atom stereocenters. The zero-order valence-corrected chi connectivity index (χ0v) is 25.8. The van der Waals surface area contributed by atoms with E-state index in [1.165, 1.54) is 18.2 Å². The molecule has 1 aliphatic heterocycles. The van der Waals surface area contributed by atoms with Gasteiger partial charge in [0.1, 0.15) is 0 Å². The molecule has 40 heavy (non-hydrogen) atoms. The van der Waals surface area contributed by atoms with Gasteiger partial charge >= 0.3 is 5.97 Å². The van der Waals surface area contributed by atoms with E-state index >= 15 is 0 Å². The van der Waals surface area contributed by atoms with Crippen LogP contribution in [0.15, 0.2) is 77.1 Å². The Balaban J connectivity index is 2.44. The fourth-order valence-electron chi connectivity index (χ4n) is 5.79. The third-order valence-corrected chi connectivity index (χ3v) is 8.67. The molecule has 0 spiro atoms. The van der Waals surface area contributed by atoms with Crippen LogP contribution in [0.5, 0.6) is 0 Å². The van der Waals surface area contributed by atoms with Crippen LogP contribution in [0.25, 0.3) is 0 Å². The van der Waals surface area contributed by atoms with E-state index < -0.39 is 5.92 Å². The number of allylic oxidation sites excluding steroid dienone is 6. The molecule has 1 aromatic carbocycles. The van der Waals surface area contributed by atoms with Crippen LogP contribution in [-0.2, 0) is 20.4 Å². The topological polar surface area (TPSA) is 65.7 Å². The lowest BCUT2D eigenvalue weighted by Crippen LogP contribution is -2.35. The minimum Gasteiger partial charge on any atom is -0.466 e. The summed E-state index contributed by atoms with van der Waals surface area (Å²) in [5.74, 6) is -0.935. The summed E-state index contributed by atoms with van der Waals surface area (Å²) in [4.78, 5) is 19.7. The second kappa shape index (κ2) is 11.8. The van der Waals surface area contributed by atoms with Crippen molar-refractivity contribution in [3.63, 3.8) is 0 Å². The molecule has 2 unspecified atom stereocenters. The van der Waals surface area contributed by atoms with Gasteiger partial charge in [0, 0.05) is 29.3 Å². The van der Waals surface area contributed by atoms with Crippen molar-refractivity contribution in [2.45, 2.75) is 79.1 Å². The third kappa shape index (κ3) is 5.77. The summed E-state index contributed by atoms with van der Waals surface area (Å²) in [6.07, 6.45) is 9.54. The first-order valence-corrected chi connectivity index (χ1v) is 14.1. The molecule has 212 valence electrons. The average Bonchev–Trinajstić information content (AvgIpc) is 3.03. The average molecular weight is 540 g/mol. The van der Waals surface area contributed by atoms with Crippen LogP contribution in [0.4, 0.5) is 5.69 Å². The fourth-order valence-corrected chi connectivity index (χ4v) is 5.79. The van der Waals surface area contributed by atoms with Crippen molar-refractivity contribution in [1.29, 1.82) is 5.26 Å². The third-order valence-electron chi connectivity index (χ3n) is 8.67. The molecule has 0 radical (unpaired) electrons. The first-order valence-electron chi connectivity index (χ1n) is 14.1. The molecule has 1 aliphatic carbocycles. The van der Waals surface area contributed by atoms with Gasteiger partial charge in [0.2, 0.25) is 0 Å². The van der Waals surface area contributed by atoms with Gasteiger partial charge in [-0.05, 0) is 73.3 Å². The number of nitriles is 1. The number of aliphatic imine (C=N–C) groups is 1. The van der Waals surface area contributed by atoms with E-state index in [0.717, 1.165) is 46.8 Å². The molecular formula is C35H45N3O2. The number of ether oxygens (including phenoxy) is 1. The molecule has 0 amide bonds. The highest BCUT2D eigenvalue weighted by atomic mass is 16.5. The molecule has 0 N–H and O–H groups in total. The van der Waals surface area contributed by atoms with Gasteiger partial charge in [-0.1, -0.05) is 58.9 Å². The van der Waals surface area contributed by atoms with Crippen LogP contribution in [0.1, 0.15) is 84.9 Å². The van der Waals surface area contributed by atoms with E-state index in [2.05, 4.69) is 70.9 Å². The molecule has 3 rings (SSSR count). The van der Waals surface area contributed by atoms with E-state index in [1.807, 2.05) is 26.0 Å². The number of anilines is 1. The number of rotatable bonds is 8. The van der Waals surface area contributed by atoms with Gasteiger partial charge in [0.25, 0.3) is 0 Å². The SMILES string of the molecule is C=CCN1C(C)=C(C(C)C(C#N)C=C)N=C(/C(C)=C/C=C(\C)C(=O)OC)c2cc3c(cc21)C(C)(C)CCC3(C)C. The highest BCUT2D eigenvalue weighted by Crippen LogP contribution is 2.49. The summed E-state index contributed by atoms with van der Waals surface area (Å²) >= 11 is 0. The highest BCUT2D eigenvalue weighted by Gasteiger charge is 2.39. The minimum atomic E-state index is -0.390. The Hall–Kier alpha value is -3.65. The van der Waals surface area contributed by atoms with Gasteiger partial charge in [-0.25, -0.2) is 4.79 Å². The van der Waals surface area contributed by atoms with Gasteiger partial charge in [0.05, 0.1) is 36.2 Å². The Morgan fingerprint density at radius 3 is 2.27 bits per heavy atom. The number of hydrogen-bond acceptors (Lipinski definition) is 5. The maximum atomic E-state index is 12.1. The Bertz CT molecular complexity index is 1380. The van der Waals surface area contributed by atoms with Crippen molar-refractivity contribution >= 4 is 17.4 Å². The Morgan fingerprint density at radius 1 is 1.15 bits per heavy atom. The lowest BCUT2D eigenvalue weighted by atomic mass is 9.62. The molecule has 0 aromatic heterocycles. The summed E-state index contributed by atoms with van der Waals surface area (Å²) in [6.45, 7) is 25.8. The van der Waals surface area contributed by atoms with E-state index in [9.17, 15) is 10.1 Å². The van der Waals surface area contributed by atoms with Crippen molar-refractivity contribution in [3.8, 4) is 6.07 Å². The largest absolute Gasteiger partial charge is 0.466 e. The van der Waals surface area contributed by atoms with Gasteiger partial charge in [-0.3, -0.25) is 4.99 Å². The van der Waals surface area contributed by atoms with Crippen molar-refractivity contribution in [3.05, 3.63) is 88.8 Å². The molecule has 0 bridgehead atoms. The fraction of sp³-hybridized carbons (Fsp3) is 0.457. The van der Waals surface area contributed by atoms with Gasteiger partial charge in [0.15, 0.2) is 0 Å². The summed E-state index contributed by atoms with van der Waals surface area (Å²) in [7, 11) is 1.38. The molecule has 5 heteroatoms. The smallest absolute Gasteiger partial charge is 0.333 e. The maximum Gasteiger partial charge on any atom is 0.333 e. The van der Waals surface area contributed by atoms with Crippen LogP contribution in [0.3, 0.4) is 0 Å². The van der Waals surface area contributed by atoms with E-state index in [-0.39, 0.29) is 22.7 Å². The number of hydrogen-bond donors (Lipinski definition) is 0. The monoisotopic (exact) mass is 539 g/mol. The number of esters is 1. The highest BCUT2D eigenvalue weighted by molar-refractivity contribution is 6.17. The first-order chi connectivity index (χ1) is 18.7. The van der Waals surface area contributed by atoms with Crippen molar-refractivity contribution in [2.24, 2.45) is 16.8 Å². The minimum absolute atomic E-state index is 0.0207. The van der Waals surface area contributed by atoms with Gasteiger partial charge < -0.3 is 9.64 Å². The number of methoxy groups -OCH3 is 1. The van der Waals surface area contributed by atoms with E-state index in [0.29, 0.717) is 12.1 Å². The molecule has 2 aliphatic rings. The molecule has 0 saturated heterocycles. The van der Waals surface area contributed by atoms with Crippen LogP contribution < -0.4 is 4.90 Å². The predicted octanol–water partition coefficient (Wildman–Crippen LogP) is 8.09. The van der Waals surface area contributed by atoms with Gasteiger partial charge in [-0.15, -0.1) is 13.2 Å². The van der Waals surface area contributed by atoms with E-state index in [1.54, 1.807) is 19.1 Å². The van der Waals surface area contributed by atoms with Crippen molar-refractivity contribution < 1.29 is 9.53 Å². The van der Waals surface area contributed by atoms with Crippen LogP contribution in [0, 0.1) is 23.2 Å². The first kappa shape index (κ1) is 30.9. The maximum absolute atomic E-state index is 12.1. The predicted molar refractivity (Wildman–Crippen MR) is 167 cm³/mol. The van der Waals surface area contributed by atoms with Gasteiger partial charge in [-0.2, -0.15) is 5.26 Å². The van der Waals surface area contributed by atoms with Crippen LogP contribution >= 0.6 is 0 Å². The number of carbonyl (C=O) groups is 1. The Morgan fingerprint density at radius 2 is 1.75 bits per heavy atom. The molecule has 5 nitrogen and oxygen atoms in total. The molecule has 1 aromatic rings. The molecule has 0 saturated carbocycles. The molecule has 0 fully saturated rings. The Kier molecular flexibility index (Phi) is 9.14. The van der Waals surface area contributed by atoms with Crippen LogP contribution in [0.2, 0.25) is 0 Å². The van der Waals surface area contributed by atoms with Crippen LogP contribution in [-0.4, -0.2) is 25.3 Å². The zero-order valence-electron chi connectivity index (χ0n) is 25.8. The van der Waals surface area contributed by atoms with E-state index in [4.69, 9.17) is 9.73 Å². The summed E-state index contributed by atoms with van der Waals surface area (Å²) in [5.41, 5.74) is 8.99.